The minimum Gasteiger partial charge on any atom is -0.372 e. The number of rotatable bonds is 5. The summed E-state index contributed by atoms with van der Waals surface area (Å²) in [6, 6.07) is 6.19. The summed E-state index contributed by atoms with van der Waals surface area (Å²) in [5.41, 5.74) is 6.03. The smallest absolute Gasteiger partial charge is 0.257 e. The van der Waals surface area contributed by atoms with Crippen LogP contribution in [0.2, 0.25) is 0 Å². The predicted octanol–water partition coefficient (Wildman–Crippen LogP) is 3.13. The molecular weight excluding hydrogens is 312 g/mol. The number of hydrogen-bond acceptors (Lipinski definition) is 4. The number of hydrogen-bond donors (Lipinski definition) is 2. The second-order valence-electron chi connectivity index (χ2n) is 6.38. The molecule has 2 N–H and O–H groups in total. The van der Waals surface area contributed by atoms with Crippen LogP contribution in [0, 0.1) is 6.92 Å². The Labute approximate surface area is 149 Å². The Kier molecular flexibility index (Phi) is 5.34. The molecule has 1 aromatic carbocycles. The van der Waals surface area contributed by atoms with Crippen molar-refractivity contribution in [1.82, 2.24) is 10.3 Å². The summed E-state index contributed by atoms with van der Waals surface area (Å²) >= 11 is 0. The van der Waals surface area contributed by atoms with E-state index in [2.05, 4.69) is 46.5 Å². The monoisotopic (exact) mass is 338 g/mol. The standard InChI is InChI=1S/C20H26N4O/c1-4-24(5-2)16-6-7-19(14(3)10-16)23-20(25)18-13-22-12-15-11-21-9-8-17(15)18/h6-7,10,12-13,21H,4-5,8-9,11H2,1-3H3,(H,23,25). The van der Waals surface area contributed by atoms with E-state index in [0.29, 0.717) is 5.56 Å². The van der Waals surface area contributed by atoms with Gasteiger partial charge in [-0.1, -0.05) is 0 Å². The highest BCUT2D eigenvalue weighted by molar-refractivity contribution is 6.05. The van der Waals surface area contributed by atoms with Crippen molar-refractivity contribution in [1.29, 1.82) is 0 Å². The first kappa shape index (κ1) is 17.4. The zero-order valence-corrected chi connectivity index (χ0v) is 15.2. The van der Waals surface area contributed by atoms with Gasteiger partial charge in [-0.25, -0.2) is 0 Å². The molecule has 0 saturated heterocycles. The van der Waals surface area contributed by atoms with Crippen LogP contribution < -0.4 is 15.5 Å². The lowest BCUT2D eigenvalue weighted by Crippen LogP contribution is -2.27. The van der Waals surface area contributed by atoms with Gasteiger partial charge in [-0.3, -0.25) is 9.78 Å². The fourth-order valence-corrected chi connectivity index (χ4v) is 3.37. The number of carbonyl (C=O) groups is 1. The Balaban J connectivity index is 1.82. The Morgan fingerprint density at radius 3 is 2.80 bits per heavy atom. The third-order valence-corrected chi connectivity index (χ3v) is 4.85. The molecule has 0 saturated carbocycles. The molecule has 0 fully saturated rings. The maximum Gasteiger partial charge on any atom is 0.257 e. The maximum atomic E-state index is 12.8. The van der Waals surface area contributed by atoms with E-state index in [4.69, 9.17) is 0 Å². The summed E-state index contributed by atoms with van der Waals surface area (Å²) in [6.07, 6.45) is 4.39. The van der Waals surface area contributed by atoms with Gasteiger partial charge in [-0.2, -0.15) is 0 Å². The van der Waals surface area contributed by atoms with E-state index in [0.717, 1.165) is 55.0 Å². The second kappa shape index (κ2) is 7.66. The predicted molar refractivity (Wildman–Crippen MR) is 102 cm³/mol. The maximum absolute atomic E-state index is 12.8. The minimum absolute atomic E-state index is 0.0788. The highest BCUT2D eigenvalue weighted by Crippen LogP contribution is 2.24. The number of carbonyl (C=O) groups excluding carboxylic acids is 1. The van der Waals surface area contributed by atoms with E-state index >= 15 is 0 Å². The third kappa shape index (κ3) is 3.66. The number of amides is 1. The number of benzene rings is 1. The van der Waals surface area contributed by atoms with Crippen molar-refractivity contribution in [2.45, 2.75) is 33.7 Å². The fraction of sp³-hybridized carbons (Fsp3) is 0.400. The van der Waals surface area contributed by atoms with E-state index in [1.165, 1.54) is 5.69 Å². The molecule has 1 amide bonds. The summed E-state index contributed by atoms with van der Waals surface area (Å²) in [6.45, 7) is 9.94. The van der Waals surface area contributed by atoms with E-state index in [1.807, 2.05) is 19.2 Å². The molecule has 0 aliphatic carbocycles. The number of aromatic nitrogens is 1. The molecule has 132 valence electrons. The Hall–Kier alpha value is -2.40. The van der Waals surface area contributed by atoms with Gasteiger partial charge in [0.1, 0.15) is 0 Å². The van der Waals surface area contributed by atoms with Crippen LogP contribution in [0.4, 0.5) is 11.4 Å². The van der Waals surface area contributed by atoms with Gasteiger partial charge in [0.15, 0.2) is 0 Å². The van der Waals surface area contributed by atoms with Crippen LogP contribution in [0.25, 0.3) is 0 Å². The van der Waals surface area contributed by atoms with Crippen molar-refractivity contribution in [3.63, 3.8) is 0 Å². The number of anilines is 2. The zero-order chi connectivity index (χ0) is 17.8. The van der Waals surface area contributed by atoms with Gasteiger partial charge in [0, 0.05) is 43.4 Å². The van der Waals surface area contributed by atoms with Crippen molar-refractivity contribution in [3.8, 4) is 0 Å². The molecule has 0 radical (unpaired) electrons. The second-order valence-corrected chi connectivity index (χ2v) is 6.38. The van der Waals surface area contributed by atoms with Gasteiger partial charge in [-0.15, -0.1) is 0 Å². The average Bonchev–Trinajstić information content (AvgIpc) is 2.64. The number of pyridine rings is 1. The lowest BCUT2D eigenvalue weighted by molar-refractivity contribution is 0.102. The average molecular weight is 338 g/mol. The molecule has 0 spiro atoms. The van der Waals surface area contributed by atoms with E-state index in [9.17, 15) is 4.79 Å². The minimum atomic E-state index is -0.0788. The van der Waals surface area contributed by atoms with E-state index < -0.39 is 0 Å². The van der Waals surface area contributed by atoms with Crippen molar-refractivity contribution in [3.05, 3.63) is 52.8 Å². The van der Waals surface area contributed by atoms with Crippen LogP contribution in [-0.2, 0) is 13.0 Å². The number of nitrogens with zero attached hydrogens (tertiary/aromatic N) is 2. The van der Waals surface area contributed by atoms with E-state index in [-0.39, 0.29) is 5.91 Å². The molecule has 2 aromatic rings. The third-order valence-electron chi connectivity index (χ3n) is 4.85. The molecule has 5 nitrogen and oxygen atoms in total. The quantitative estimate of drug-likeness (QED) is 0.879. The Morgan fingerprint density at radius 2 is 2.08 bits per heavy atom. The normalized spacial score (nSPS) is 13.2. The fourth-order valence-electron chi connectivity index (χ4n) is 3.37. The summed E-state index contributed by atoms with van der Waals surface area (Å²) in [5.74, 6) is -0.0788. The van der Waals surface area contributed by atoms with Gasteiger partial charge < -0.3 is 15.5 Å². The molecule has 5 heteroatoms. The van der Waals surface area contributed by atoms with Crippen LogP contribution in [0.3, 0.4) is 0 Å². The first-order valence-corrected chi connectivity index (χ1v) is 8.97. The van der Waals surface area contributed by atoms with Crippen molar-refractivity contribution in [2.75, 3.05) is 29.9 Å². The van der Waals surface area contributed by atoms with Gasteiger partial charge in [-0.05, 0) is 68.6 Å². The molecule has 0 unspecified atom stereocenters. The summed E-state index contributed by atoms with van der Waals surface area (Å²) in [4.78, 5) is 19.3. The molecule has 1 aliphatic heterocycles. The summed E-state index contributed by atoms with van der Waals surface area (Å²) in [7, 11) is 0. The number of fused-ring (bicyclic) bond motifs is 1. The zero-order valence-electron chi connectivity index (χ0n) is 15.2. The van der Waals surface area contributed by atoms with Crippen LogP contribution in [0.5, 0.6) is 0 Å². The molecule has 0 bridgehead atoms. The van der Waals surface area contributed by atoms with Gasteiger partial charge in [0.05, 0.1) is 5.56 Å². The van der Waals surface area contributed by atoms with E-state index in [1.54, 1.807) is 6.20 Å². The first-order valence-electron chi connectivity index (χ1n) is 8.97. The van der Waals surface area contributed by atoms with Crippen LogP contribution in [0.1, 0.15) is 40.9 Å². The van der Waals surface area contributed by atoms with Gasteiger partial charge >= 0.3 is 0 Å². The molecule has 2 heterocycles. The molecule has 1 aliphatic rings. The van der Waals surface area contributed by atoms with Crippen molar-refractivity contribution < 1.29 is 4.79 Å². The molecule has 1 aromatic heterocycles. The molecular formula is C20H26N4O. The number of nitrogens with one attached hydrogen (secondary N) is 2. The van der Waals surface area contributed by atoms with Gasteiger partial charge in [0.2, 0.25) is 0 Å². The Bertz CT molecular complexity index is 768. The van der Waals surface area contributed by atoms with Crippen LogP contribution in [-0.4, -0.2) is 30.5 Å². The van der Waals surface area contributed by atoms with Crippen molar-refractivity contribution >= 4 is 17.3 Å². The SMILES string of the molecule is CCN(CC)c1ccc(NC(=O)c2cncc3c2CCNC3)c(C)c1. The Morgan fingerprint density at radius 1 is 1.28 bits per heavy atom. The summed E-state index contributed by atoms with van der Waals surface area (Å²) < 4.78 is 0. The lowest BCUT2D eigenvalue weighted by Gasteiger charge is -2.22. The van der Waals surface area contributed by atoms with Crippen LogP contribution >= 0.6 is 0 Å². The largest absolute Gasteiger partial charge is 0.372 e. The lowest BCUT2D eigenvalue weighted by atomic mass is 9.98. The van der Waals surface area contributed by atoms with Crippen LogP contribution in [0.15, 0.2) is 30.6 Å². The van der Waals surface area contributed by atoms with Crippen molar-refractivity contribution in [2.24, 2.45) is 0 Å². The summed E-state index contributed by atoms with van der Waals surface area (Å²) in [5, 5.41) is 6.38. The molecule has 3 rings (SSSR count). The topological polar surface area (TPSA) is 57.3 Å². The number of aryl methyl sites for hydroxylation is 1. The molecule has 25 heavy (non-hydrogen) atoms. The molecule has 0 atom stereocenters. The first-order chi connectivity index (χ1) is 12.1. The van der Waals surface area contributed by atoms with Gasteiger partial charge in [0.25, 0.3) is 5.91 Å². The highest BCUT2D eigenvalue weighted by Gasteiger charge is 2.18. The highest BCUT2D eigenvalue weighted by atomic mass is 16.1.